The molecule has 2 aromatic heterocycles. The summed E-state index contributed by atoms with van der Waals surface area (Å²) in [6, 6.07) is 11.2. The monoisotopic (exact) mass is 463 g/mol. The number of benzene rings is 1. The van der Waals surface area contributed by atoms with Crippen LogP contribution in [0.3, 0.4) is 0 Å². The molecule has 2 amide bonds. The van der Waals surface area contributed by atoms with Crippen LogP contribution in [-0.4, -0.2) is 69.8 Å². The summed E-state index contributed by atoms with van der Waals surface area (Å²) < 4.78 is 6.83. The molecule has 0 radical (unpaired) electrons. The average molecular weight is 464 g/mol. The molecule has 1 aliphatic rings. The van der Waals surface area contributed by atoms with Crippen LogP contribution in [0.15, 0.2) is 48.7 Å². The molecule has 0 saturated heterocycles. The number of carbonyl (C=O) groups is 2. The normalized spacial score (nSPS) is 13.5. The van der Waals surface area contributed by atoms with Crippen molar-refractivity contribution >= 4 is 34.9 Å². The molecule has 10 nitrogen and oxygen atoms in total. The molecule has 1 aliphatic heterocycles. The van der Waals surface area contributed by atoms with Crippen molar-refractivity contribution in [3.05, 3.63) is 59.8 Å². The van der Waals surface area contributed by atoms with Gasteiger partial charge in [0.15, 0.2) is 5.65 Å². The van der Waals surface area contributed by atoms with Gasteiger partial charge >= 0.3 is 6.09 Å². The highest BCUT2D eigenvalue weighted by atomic mass is 16.6. The third kappa shape index (κ3) is 4.86. The van der Waals surface area contributed by atoms with Crippen molar-refractivity contribution in [1.29, 1.82) is 0 Å². The summed E-state index contributed by atoms with van der Waals surface area (Å²) in [6.07, 6.45) is 4.32. The number of ether oxygens (including phenoxy) is 1. The van der Waals surface area contributed by atoms with E-state index in [1.54, 1.807) is 40.5 Å². The molecule has 1 aromatic carbocycles. The summed E-state index contributed by atoms with van der Waals surface area (Å²) in [6.45, 7) is 5.75. The van der Waals surface area contributed by atoms with Gasteiger partial charge < -0.3 is 15.0 Å². The Kier molecular flexibility index (Phi) is 7.07. The summed E-state index contributed by atoms with van der Waals surface area (Å²) in [4.78, 5) is 30.8. The molecule has 0 unspecified atom stereocenters. The second-order valence-electron chi connectivity index (χ2n) is 7.73. The van der Waals surface area contributed by atoms with Gasteiger partial charge in [-0.25, -0.2) is 14.7 Å². The number of hydrazine groups is 1. The standard InChI is InChI=1S/C24H29N7O3/c1-4-30(25-3)22(32)18-8-10-19(11-9-18)26-23-27-21-20(7-6-14-31(21)28-23)17-12-15-29(16-13-17)24(33)34-5-2/h6-12,14,25H,4-5,13,15-16H2,1-3H3,(H,26,28). The Bertz CT molecular complexity index is 1200. The summed E-state index contributed by atoms with van der Waals surface area (Å²) in [7, 11) is 1.72. The van der Waals surface area contributed by atoms with E-state index in [2.05, 4.69) is 20.8 Å². The molecule has 0 fully saturated rings. The highest BCUT2D eigenvalue weighted by molar-refractivity contribution is 5.94. The Morgan fingerprint density at radius 1 is 1.18 bits per heavy atom. The van der Waals surface area contributed by atoms with Gasteiger partial charge in [0.1, 0.15) is 0 Å². The third-order valence-corrected chi connectivity index (χ3v) is 5.66. The zero-order chi connectivity index (χ0) is 24.1. The zero-order valence-corrected chi connectivity index (χ0v) is 19.6. The van der Waals surface area contributed by atoms with Gasteiger partial charge in [0.25, 0.3) is 5.91 Å². The lowest BCUT2D eigenvalue weighted by molar-refractivity contribution is 0.0693. The lowest BCUT2D eigenvalue weighted by atomic mass is 10.0. The van der Waals surface area contributed by atoms with Crippen molar-refractivity contribution in [3.63, 3.8) is 0 Å². The molecule has 0 saturated carbocycles. The number of aromatic nitrogens is 3. The zero-order valence-electron chi connectivity index (χ0n) is 19.6. The smallest absolute Gasteiger partial charge is 0.410 e. The Balaban J connectivity index is 1.50. The Morgan fingerprint density at radius 2 is 1.97 bits per heavy atom. The molecule has 0 aliphatic carbocycles. The summed E-state index contributed by atoms with van der Waals surface area (Å²) >= 11 is 0. The van der Waals surface area contributed by atoms with Gasteiger partial charge in [-0.3, -0.25) is 9.80 Å². The van der Waals surface area contributed by atoms with E-state index in [9.17, 15) is 9.59 Å². The number of nitrogens with one attached hydrogen (secondary N) is 2. The molecule has 3 heterocycles. The van der Waals surface area contributed by atoms with Gasteiger partial charge in [-0.1, -0.05) is 6.08 Å². The minimum Gasteiger partial charge on any atom is -0.450 e. The molecule has 34 heavy (non-hydrogen) atoms. The van der Waals surface area contributed by atoms with Gasteiger partial charge in [-0.2, -0.15) is 4.98 Å². The van der Waals surface area contributed by atoms with E-state index in [1.807, 2.05) is 43.5 Å². The number of anilines is 2. The van der Waals surface area contributed by atoms with E-state index >= 15 is 0 Å². The van der Waals surface area contributed by atoms with Crippen molar-refractivity contribution in [3.8, 4) is 0 Å². The summed E-state index contributed by atoms with van der Waals surface area (Å²) in [5.74, 6) is 0.371. The molecular formula is C24H29N7O3. The van der Waals surface area contributed by atoms with Gasteiger partial charge in [-0.05, 0) is 62.2 Å². The molecule has 178 valence electrons. The van der Waals surface area contributed by atoms with Crippen LogP contribution in [-0.2, 0) is 4.74 Å². The van der Waals surface area contributed by atoms with Crippen molar-refractivity contribution in [2.45, 2.75) is 20.3 Å². The molecule has 0 spiro atoms. The fourth-order valence-corrected chi connectivity index (χ4v) is 3.89. The first-order valence-electron chi connectivity index (χ1n) is 11.4. The SMILES string of the molecule is CCOC(=O)N1CC=C(c2cccn3nc(Nc4ccc(C(=O)N(CC)NC)cc4)nc23)CC1. The lowest BCUT2D eigenvalue weighted by Crippen LogP contribution is -2.40. The predicted molar refractivity (Wildman–Crippen MR) is 130 cm³/mol. The molecule has 2 N–H and O–H groups in total. The average Bonchev–Trinajstić information content (AvgIpc) is 3.28. The van der Waals surface area contributed by atoms with Crippen LogP contribution in [0, 0.1) is 0 Å². The Labute approximate surface area is 198 Å². The van der Waals surface area contributed by atoms with Crippen molar-refractivity contribution < 1.29 is 14.3 Å². The van der Waals surface area contributed by atoms with Crippen LogP contribution in [0.5, 0.6) is 0 Å². The maximum absolute atomic E-state index is 12.5. The fraction of sp³-hybridized carbons (Fsp3) is 0.333. The van der Waals surface area contributed by atoms with Crippen molar-refractivity contribution in [1.82, 2.24) is 29.9 Å². The van der Waals surface area contributed by atoms with Gasteiger partial charge in [0.2, 0.25) is 5.95 Å². The second-order valence-corrected chi connectivity index (χ2v) is 7.73. The van der Waals surface area contributed by atoms with Crippen LogP contribution < -0.4 is 10.7 Å². The van der Waals surface area contributed by atoms with Crippen LogP contribution in [0.4, 0.5) is 16.4 Å². The van der Waals surface area contributed by atoms with E-state index in [0.29, 0.717) is 44.2 Å². The maximum atomic E-state index is 12.5. The number of amides is 2. The number of pyridine rings is 1. The number of carbonyl (C=O) groups excluding carboxylic acids is 2. The second kappa shape index (κ2) is 10.3. The number of hydrogen-bond donors (Lipinski definition) is 2. The Morgan fingerprint density at radius 3 is 2.62 bits per heavy atom. The molecule has 0 atom stereocenters. The number of fused-ring (bicyclic) bond motifs is 1. The van der Waals surface area contributed by atoms with Crippen LogP contribution in [0.2, 0.25) is 0 Å². The number of hydrogen-bond acceptors (Lipinski definition) is 7. The van der Waals surface area contributed by atoms with Crippen molar-refractivity contribution in [2.75, 3.05) is 38.6 Å². The van der Waals surface area contributed by atoms with Crippen molar-refractivity contribution in [2.24, 2.45) is 0 Å². The first-order chi connectivity index (χ1) is 16.5. The van der Waals surface area contributed by atoms with Crippen LogP contribution >= 0.6 is 0 Å². The van der Waals surface area contributed by atoms with E-state index in [0.717, 1.165) is 22.5 Å². The first-order valence-corrected chi connectivity index (χ1v) is 11.4. The number of nitrogens with zero attached hydrogens (tertiary/aromatic N) is 5. The van der Waals surface area contributed by atoms with E-state index in [-0.39, 0.29) is 12.0 Å². The highest BCUT2D eigenvalue weighted by Gasteiger charge is 2.21. The van der Waals surface area contributed by atoms with Gasteiger partial charge in [0.05, 0.1) is 6.61 Å². The van der Waals surface area contributed by atoms with E-state index in [1.165, 1.54) is 0 Å². The Hall–Kier alpha value is -3.92. The minimum absolute atomic E-state index is 0.0886. The predicted octanol–water partition coefficient (Wildman–Crippen LogP) is 3.32. The summed E-state index contributed by atoms with van der Waals surface area (Å²) in [5.41, 5.74) is 7.10. The fourth-order valence-electron chi connectivity index (χ4n) is 3.89. The molecule has 4 rings (SSSR count). The third-order valence-electron chi connectivity index (χ3n) is 5.66. The maximum Gasteiger partial charge on any atom is 0.410 e. The first kappa shape index (κ1) is 23.2. The van der Waals surface area contributed by atoms with E-state index in [4.69, 9.17) is 4.74 Å². The van der Waals surface area contributed by atoms with Crippen LogP contribution in [0.1, 0.15) is 36.2 Å². The lowest BCUT2D eigenvalue weighted by Gasteiger charge is -2.25. The minimum atomic E-state index is -0.286. The van der Waals surface area contributed by atoms with E-state index < -0.39 is 0 Å². The molecular weight excluding hydrogens is 434 g/mol. The molecule has 3 aromatic rings. The molecule has 0 bridgehead atoms. The van der Waals surface area contributed by atoms with Gasteiger partial charge in [0, 0.05) is 49.7 Å². The topological polar surface area (TPSA) is 104 Å². The summed E-state index contributed by atoms with van der Waals surface area (Å²) in [5, 5.41) is 9.29. The quantitative estimate of drug-likeness (QED) is 0.518. The van der Waals surface area contributed by atoms with Gasteiger partial charge in [-0.15, -0.1) is 5.10 Å². The highest BCUT2D eigenvalue weighted by Crippen LogP contribution is 2.26. The van der Waals surface area contributed by atoms with Crippen LogP contribution in [0.25, 0.3) is 11.2 Å². The number of rotatable bonds is 7. The molecule has 10 heteroatoms. The largest absolute Gasteiger partial charge is 0.450 e.